The number of nitrogens with one attached hydrogen (secondary N) is 1. The highest BCUT2D eigenvalue weighted by molar-refractivity contribution is 6.31. The van der Waals surface area contributed by atoms with Gasteiger partial charge in [0.2, 0.25) is 0 Å². The lowest BCUT2D eigenvalue weighted by Crippen LogP contribution is -2.37. The maximum Gasteiger partial charge on any atom is 0.144 e. The van der Waals surface area contributed by atoms with Crippen LogP contribution in [0.15, 0.2) is 18.2 Å². The van der Waals surface area contributed by atoms with Gasteiger partial charge in [0.25, 0.3) is 0 Å². The zero-order valence-corrected chi connectivity index (χ0v) is 10.8. The molecule has 18 heavy (non-hydrogen) atoms. The molecule has 98 valence electrons. The number of likely N-dealkylation sites (N-methyl/N-ethyl adjacent to an activating group) is 1. The van der Waals surface area contributed by atoms with E-state index >= 15 is 0 Å². The smallest absolute Gasteiger partial charge is 0.144 e. The largest absolute Gasteiger partial charge is 0.379 e. The maximum atomic E-state index is 13.3. The SMILES string of the molecule is CNC1COCC1C(=O)Cc1cccc(F)c1Cl. The summed E-state index contributed by atoms with van der Waals surface area (Å²) in [7, 11) is 1.80. The molecule has 0 spiro atoms. The minimum atomic E-state index is -0.491. The van der Waals surface area contributed by atoms with E-state index in [1.807, 2.05) is 0 Å². The topological polar surface area (TPSA) is 38.3 Å². The van der Waals surface area contributed by atoms with Crippen LogP contribution in [0.4, 0.5) is 4.39 Å². The maximum absolute atomic E-state index is 13.3. The number of halogens is 2. The van der Waals surface area contributed by atoms with E-state index in [2.05, 4.69) is 5.32 Å². The Morgan fingerprint density at radius 3 is 3.06 bits per heavy atom. The average Bonchev–Trinajstić information content (AvgIpc) is 2.83. The fraction of sp³-hybridized carbons (Fsp3) is 0.462. The van der Waals surface area contributed by atoms with Crippen LogP contribution in [-0.4, -0.2) is 32.1 Å². The summed E-state index contributed by atoms with van der Waals surface area (Å²) >= 11 is 5.84. The van der Waals surface area contributed by atoms with E-state index in [1.54, 1.807) is 19.2 Å². The molecule has 0 radical (unpaired) electrons. The van der Waals surface area contributed by atoms with Crippen molar-refractivity contribution in [2.75, 3.05) is 20.3 Å². The third-order valence-electron chi connectivity index (χ3n) is 3.26. The lowest BCUT2D eigenvalue weighted by atomic mass is 9.94. The first-order chi connectivity index (χ1) is 8.63. The van der Waals surface area contributed by atoms with Gasteiger partial charge in [0.05, 0.1) is 24.2 Å². The standard InChI is InChI=1S/C13H15ClFNO2/c1-16-11-7-18-6-9(11)12(17)5-8-3-2-4-10(15)13(8)14/h2-4,9,11,16H,5-7H2,1H3. The number of hydrogen-bond donors (Lipinski definition) is 1. The van der Waals surface area contributed by atoms with Gasteiger partial charge in [-0.1, -0.05) is 23.7 Å². The molecule has 1 aromatic rings. The van der Waals surface area contributed by atoms with E-state index < -0.39 is 5.82 Å². The Hall–Kier alpha value is -0.970. The normalized spacial score (nSPS) is 23.3. The Morgan fingerprint density at radius 1 is 1.56 bits per heavy atom. The minimum absolute atomic E-state index is 0.0272. The summed E-state index contributed by atoms with van der Waals surface area (Å²) in [5.74, 6) is -0.650. The van der Waals surface area contributed by atoms with Crippen molar-refractivity contribution in [3.8, 4) is 0 Å². The van der Waals surface area contributed by atoms with E-state index in [0.717, 1.165) is 0 Å². The van der Waals surface area contributed by atoms with E-state index in [9.17, 15) is 9.18 Å². The van der Waals surface area contributed by atoms with Gasteiger partial charge in [-0.05, 0) is 18.7 Å². The quantitative estimate of drug-likeness (QED) is 0.908. The summed E-state index contributed by atoms with van der Waals surface area (Å²) < 4.78 is 18.6. The van der Waals surface area contributed by atoms with Gasteiger partial charge in [-0.3, -0.25) is 4.79 Å². The Kier molecular flexibility index (Phi) is 4.32. The molecule has 0 saturated carbocycles. The van der Waals surface area contributed by atoms with E-state index in [4.69, 9.17) is 16.3 Å². The second-order valence-electron chi connectivity index (χ2n) is 4.40. The Labute approximate surface area is 110 Å². The van der Waals surface area contributed by atoms with Gasteiger partial charge in [0.1, 0.15) is 11.6 Å². The molecule has 1 fully saturated rings. The zero-order chi connectivity index (χ0) is 13.1. The fourth-order valence-electron chi connectivity index (χ4n) is 2.16. The molecular weight excluding hydrogens is 257 g/mol. The summed E-state index contributed by atoms with van der Waals surface area (Å²) in [5.41, 5.74) is 0.531. The molecule has 1 aliphatic heterocycles. The molecule has 2 rings (SSSR count). The highest BCUT2D eigenvalue weighted by Gasteiger charge is 2.32. The first kappa shape index (κ1) is 13.5. The predicted octanol–water partition coefficient (Wildman–Crippen LogP) is 1.83. The molecule has 1 saturated heterocycles. The summed E-state index contributed by atoms with van der Waals surface area (Å²) in [4.78, 5) is 12.1. The number of Topliss-reactive ketones (excluding diaryl/α,β-unsaturated/α-hetero) is 1. The number of hydrogen-bond acceptors (Lipinski definition) is 3. The van der Waals surface area contributed by atoms with Crippen molar-refractivity contribution in [3.63, 3.8) is 0 Å². The van der Waals surface area contributed by atoms with E-state index in [-0.39, 0.29) is 29.2 Å². The van der Waals surface area contributed by atoms with Crippen molar-refractivity contribution in [3.05, 3.63) is 34.6 Å². The Morgan fingerprint density at radius 2 is 2.33 bits per heavy atom. The highest BCUT2D eigenvalue weighted by atomic mass is 35.5. The van der Waals surface area contributed by atoms with Gasteiger partial charge in [0.15, 0.2) is 0 Å². The number of carbonyl (C=O) groups is 1. The number of ether oxygens (including phenoxy) is 1. The van der Waals surface area contributed by atoms with E-state index in [1.165, 1.54) is 6.07 Å². The molecular formula is C13H15ClFNO2. The molecule has 0 aliphatic carbocycles. The molecule has 1 N–H and O–H groups in total. The fourth-order valence-corrected chi connectivity index (χ4v) is 2.35. The number of benzene rings is 1. The lowest BCUT2D eigenvalue weighted by molar-refractivity contribution is -0.122. The molecule has 2 unspecified atom stereocenters. The second kappa shape index (κ2) is 5.78. The first-order valence-corrected chi connectivity index (χ1v) is 6.22. The molecule has 1 aromatic carbocycles. The van der Waals surface area contributed by atoms with Crippen LogP contribution < -0.4 is 5.32 Å². The minimum Gasteiger partial charge on any atom is -0.379 e. The molecule has 1 aliphatic rings. The van der Waals surface area contributed by atoms with Crippen LogP contribution in [0.25, 0.3) is 0 Å². The van der Waals surface area contributed by atoms with Crippen molar-refractivity contribution in [2.24, 2.45) is 5.92 Å². The van der Waals surface area contributed by atoms with E-state index in [0.29, 0.717) is 18.8 Å². The second-order valence-corrected chi connectivity index (χ2v) is 4.77. The third kappa shape index (κ3) is 2.71. The van der Waals surface area contributed by atoms with Crippen molar-refractivity contribution in [1.82, 2.24) is 5.32 Å². The summed E-state index contributed by atoms with van der Waals surface area (Å²) in [6, 6.07) is 4.55. The van der Waals surface area contributed by atoms with Gasteiger partial charge in [0, 0.05) is 12.5 Å². The molecule has 0 amide bonds. The van der Waals surface area contributed by atoms with Gasteiger partial charge in [-0.25, -0.2) is 4.39 Å². The summed E-state index contributed by atoms with van der Waals surface area (Å²) in [6.45, 7) is 0.946. The van der Waals surface area contributed by atoms with Crippen LogP contribution in [0.2, 0.25) is 5.02 Å². The van der Waals surface area contributed by atoms with Gasteiger partial charge in [-0.15, -0.1) is 0 Å². The number of carbonyl (C=O) groups excluding carboxylic acids is 1. The van der Waals surface area contributed by atoms with Gasteiger partial charge >= 0.3 is 0 Å². The lowest BCUT2D eigenvalue weighted by Gasteiger charge is -2.15. The molecule has 0 aromatic heterocycles. The van der Waals surface area contributed by atoms with Crippen LogP contribution in [0.5, 0.6) is 0 Å². The zero-order valence-electron chi connectivity index (χ0n) is 10.1. The summed E-state index contributed by atoms with van der Waals surface area (Å²) in [5, 5.41) is 3.09. The monoisotopic (exact) mass is 271 g/mol. The number of rotatable bonds is 4. The van der Waals surface area contributed by atoms with Gasteiger partial charge < -0.3 is 10.1 Å². The van der Waals surface area contributed by atoms with Crippen LogP contribution in [0, 0.1) is 11.7 Å². The van der Waals surface area contributed by atoms with Crippen molar-refractivity contribution < 1.29 is 13.9 Å². The Balaban J connectivity index is 2.09. The van der Waals surface area contributed by atoms with Crippen molar-refractivity contribution in [2.45, 2.75) is 12.5 Å². The first-order valence-electron chi connectivity index (χ1n) is 5.84. The van der Waals surface area contributed by atoms with Crippen molar-refractivity contribution in [1.29, 1.82) is 0 Å². The van der Waals surface area contributed by atoms with Crippen LogP contribution in [0.3, 0.4) is 0 Å². The predicted molar refractivity (Wildman–Crippen MR) is 67.3 cm³/mol. The van der Waals surface area contributed by atoms with Gasteiger partial charge in [-0.2, -0.15) is 0 Å². The molecule has 5 heteroatoms. The highest BCUT2D eigenvalue weighted by Crippen LogP contribution is 2.23. The van der Waals surface area contributed by atoms with Crippen LogP contribution in [-0.2, 0) is 16.0 Å². The van der Waals surface area contributed by atoms with Crippen LogP contribution >= 0.6 is 11.6 Å². The molecule has 0 bridgehead atoms. The third-order valence-corrected chi connectivity index (χ3v) is 3.68. The molecule has 1 heterocycles. The molecule has 3 nitrogen and oxygen atoms in total. The average molecular weight is 272 g/mol. The Bertz CT molecular complexity index is 453. The molecule has 2 atom stereocenters. The number of ketones is 1. The van der Waals surface area contributed by atoms with Crippen molar-refractivity contribution >= 4 is 17.4 Å². The van der Waals surface area contributed by atoms with Crippen LogP contribution in [0.1, 0.15) is 5.56 Å². The summed E-state index contributed by atoms with van der Waals surface area (Å²) in [6.07, 6.45) is 0.142.